The number of benzene rings is 3. The molecule has 0 bridgehead atoms. The van der Waals surface area contributed by atoms with Gasteiger partial charge in [-0.05, 0) is 66.1 Å². The fourth-order valence-electron chi connectivity index (χ4n) is 5.00. The van der Waals surface area contributed by atoms with Gasteiger partial charge in [0.2, 0.25) is 0 Å². The van der Waals surface area contributed by atoms with Crippen LogP contribution in [0.15, 0.2) is 65.6 Å². The van der Waals surface area contributed by atoms with E-state index in [1.807, 2.05) is 31.2 Å². The van der Waals surface area contributed by atoms with Gasteiger partial charge in [-0.1, -0.05) is 29.8 Å². The predicted octanol–water partition coefficient (Wildman–Crippen LogP) is 5.79. The maximum absolute atomic E-state index is 12.6. The van der Waals surface area contributed by atoms with E-state index in [9.17, 15) is 17.9 Å². The van der Waals surface area contributed by atoms with Gasteiger partial charge in [0.15, 0.2) is 9.84 Å². The van der Waals surface area contributed by atoms with Crippen LogP contribution in [-0.4, -0.2) is 57.6 Å². The number of aromatic hydroxyl groups is 1. The first-order valence-electron chi connectivity index (χ1n) is 12.4. The summed E-state index contributed by atoms with van der Waals surface area (Å²) in [5.41, 5.74) is 4.05. The number of phenolic OH excluding ortho intramolecular Hbond substituents is 1. The second kappa shape index (κ2) is 10.6. The van der Waals surface area contributed by atoms with Gasteiger partial charge in [-0.3, -0.25) is 9.29 Å². The van der Waals surface area contributed by atoms with Crippen molar-refractivity contribution in [1.82, 2.24) is 4.90 Å². The third-order valence-corrected chi connectivity index (χ3v) is 8.61. The smallest absolute Gasteiger partial charge is 0.176 e. The Morgan fingerprint density at radius 2 is 1.84 bits per heavy atom. The number of fused-ring (bicyclic) bond motifs is 1. The van der Waals surface area contributed by atoms with Gasteiger partial charge < -0.3 is 14.6 Å². The van der Waals surface area contributed by atoms with Crippen LogP contribution in [0.2, 0.25) is 5.02 Å². The number of ether oxygens (including phenoxy) is 2. The van der Waals surface area contributed by atoms with E-state index in [1.165, 1.54) is 6.07 Å². The molecule has 3 aromatic carbocycles. The molecule has 5 rings (SSSR count). The Bertz CT molecular complexity index is 1480. The molecule has 1 fully saturated rings. The quantitative estimate of drug-likeness (QED) is 0.378. The van der Waals surface area contributed by atoms with Crippen molar-refractivity contribution >= 4 is 32.6 Å². The molecule has 200 valence electrons. The molecule has 0 radical (unpaired) electrons. The fourth-order valence-corrected chi connectivity index (χ4v) is 6.33. The SMILES string of the molecule is CC1=C(c2ccc(S(C)(=O)=O)c(Cl)c2)[C@@H](c2ccc(OCCN3CC(CF)C3)cc2)Oc2ccc(O)cc21. The van der Waals surface area contributed by atoms with Crippen LogP contribution < -0.4 is 9.47 Å². The summed E-state index contributed by atoms with van der Waals surface area (Å²) in [4.78, 5) is 2.23. The van der Waals surface area contributed by atoms with Gasteiger partial charge in [-0.2, -0.15) is 0 Å². The summed E-state index contributed by atoms with van der Waals surface area (Å²) < 4.78 is 49.2. The largest absolute Gasteiger partial charge is 0.508 e. The Labute approximate surface area is 227 Å². The van der Waals surface area contributed by atoms with Gasteiger partial charge in [0, 0.05) is 42.9 Å². The molecule has 0 amide bonds. The lowest BCUT2D eigenvalue weighted by atomic mass is 9.86. The molecule has 1 N–H and O–H groups in total. The van der Waals surface area contributed by atoms with Crippen molar-refractivity contribution in [1.29, 1.82) is 0 Å². The van der Waals surface area contributed by atoms with Crippen LogP contribution >= 0.6 is 11.6 Å². The molecule has 9 heteroatoms. The van der Waals surface area contributed by atoms with Crippen LogP contribution in [0, 0.1) is 5.92 Å². The van der Waals surface area contributed by atoms with Crippen LogP contribution in [0.5, 0.6) is 17.2 Å². The number of halogens is 2. The Balaban J connectivity index is 1.43. The number of nitrogens with zero attached hydrogens (tertiary/aromatic N) is 1. The number of hydrogen-bond donors (Lipinski definition) is 1. The van der Waals surface area contributed by atoms with E-state index < -0.39 is 15.9 Å². The molecule has 0 aromatic heterocycles. The van der Waals surface area contributed by atoms with E-state index in [-0.39, 0.29) is 28.3 Å². The van der Waals surface area contributed by atoms with Crippen LogP contribution in [0.4, 0.5) is 4.39 Å². The molecular formula is C29H29ClFNO5S. The van der Waals surface area contributed by atoms with E-state index in [0.29, 0.717) is 12.4 Å². The van der Waals surface area contributed by atoms with Crippen molar-refractivity contribution < 1.29 is 27.4 Å². The van der Waals surface area contributed by atoms with Gasteiger partial charge in [0.25, 0.3) is 0 Å². The lowest BCUT2D eigenvalue weighted by molar-refractivity contribution is 0.0668. The van der Waals surface area contributed by atoms with Crippen molar-refractivity contribution in [3.8, 4) is 17.2 Å². The van der Waals surface area contributed by atoms with Gasteiger partial charge in [0.1, 0.15) is 30.0 Å². The zero-order valence-corrected chi connectivity index (χ0v) is 22.7. The number of alkyl halides is 1. The van der Waals surface area contributed by atoms with E-state index in [4.69, 9.17) is 21.1 Å². The number of hydrogen-bond acceptors (Lipinski definition) is 6. The van der Waals surface area contributed by atoms with Crippen molar-refractivity contribution in [3.63, 3.8) is 0 Å². The van der Waals surface area contributed by atoms with Crippen molar-refractivity contribution in [2.45, 2.75) is 17.9 Å². The summed E-state index contributed by atoms with van der Waals surface area (Å²) in [6, 6.07) is 17.5. The molecule has 2 aliphatic rings. The van der Waals surface area contributed by atoms with Crippen LogP contribution in [0.1, 0.15) is 29.7 Å². The first kappa shape index (κ1) is 26.5. The van der Waals surface area contributed by atoms with Crippen LogP contribution in [0.3, 0.4) is 0 Å². The molecule has 0 unspecified atom stereocenters. The molecule has 1 saturated heterocycles. The molecular weight excluding hydrogens is 529 g/mol. The van der Waals surface area contributed by atoms with Crippen LogP contribution in [-0.2, 0) is 9.84 Å². The topological polar surface area (TPSA) is 76.1 Å². The zero-order valence-electron chi connectivity index (χ0n) is 21.2. The third kappa shape index (κ3) is 5.39. The van der Waals surface area contributed by atoms with Gasteiger partial charge >= 0.3 is 0 Å². The van der Waals surface area contributed by atoms with E-state index in [1.54, 1.807) is 30.3 Å². The molecule has 6 nitrogen and oxygen atoms in total. The van der Waals surface area contributed by atoms with Gasteiger partial charge in [0.05, 0.1) is 16.6 Å². The Morgan fingerprint density at radius 3 is 2.50 bits per heavy atom. The van der Waals surface area contributed by atoms with Crippen LogP contribution in [0.25, 0.3) is 11.1 Å². The minimum Gasteiger partial charge on any atom is -0.508 e. The Kier molecular flexibility index (Phi) is 7.40. The summed E-state index contributed by atoms with van der Waals surface area (Å²) in [6.45, 7) is 4.51. The molecule has 0 aliphatic carbocycles. The minimum absolute atomic E-state index is 0.0624. The van der Waals surface area contributed by atoms with Crippen molar-refractivity contribution in [2.75, 3.05) is 39.2 Å². The van der Waals surface area contributed by atoms with E-state index in [2.05, 4.69) is 4.90 Å². The first-order valence-corrected chi connectivity index (χ1v) is 14.6. The average molecular weight is 558 g/mol. The van der Waals surface area contributed by atoms with E-state index in [0.717, 1.165) is 59.5 Å². The highest BCUT2D eigenvalue weighted by Gasteiger charge is 2.30. The highest BCUT2D eigenvalue weighted by atomic mass is 35.5. The normalized spacial score (nSPS) is 18.1. The second-order valence-corrected chi connectivity index (χ2v) is 12.2. The summed E-state index contributed by atoms with van der Waals surface area (Å²) in [7, 11) is -3.48. The van der Waals surface area contributed by atoms with Gasteiger partial charge in [-0.25, -0.2) is 8.42 Å². The fraction of sp³-hybridized carbons (Fsp3) is 0.310. The average Bonchev–Trinajstić information content (AvgIpc) is 2.85. The highest BCUT2D eigenvalue weighted by molar-refractivity contribution is 7.90. The summed E-state index contributed by atoms with van der Waals surface area (Å²) >= 11 is 6.40. The third-order valence-electron chi connectivity index (χ3n) is 7.03. The molecule has 38 heavy (non-hydrogen) atoms. The molecule has 2 aliphatic heterocycles. The lowest BCUT2D eigenvalue weighted by Gasteiger charge is -2.37. The standard InChI is InChI=1S/C29H29ClFNO5S/c1-18-24-14-22(33)6-9-26(24)37-29(28(18)21-5-10-27(25(30)13-21)38(2,34)35)20-3-7-23(8-4-20)36-12-11-32-16-19(15-31)17-32/h3-10,13-14,19,29,33H,11-12,15-17H2,1-2H3/t29-/m1/s1. The molecule has 0 saturated carbocycles. The predicted molar refractivity (Wildman–Crippen MR) is 146 cm³/mol. The number of rotatable bonds is 8. The summed E-state index contributed by atoms with van der Waals surface area (Å²) in [5.74, 6) is 1.63. The maximum Gasteiger partial charge on any atom is 0.176 e. The second-order valence-electron chi connectivity index (χ2n) is 9.83. The summed E-state index contributed by atoms with van der Waals surface area (Å²) in [5, 5.41) is 10.2. The number of likely N-dealkylation sites (tertiary alicyclic amines) is 1. The minimum atomic E-state index is -3.48. The lowest BCUT2D eigenvalue weighted by Crippen LogP contribution is -2.49. The number of sulfone groups is 1. The summed E-state index contributed by atoms with van der Waals surface area (Å²) in [6.07, 6.45) is 0.623. The molecule has 3 aromatic rings. The zero-order chi connectivity index (χ0) is 27.0. The molecule has 2 heterocycles. The van der Waals surface area contributed by atoms with Crippen molar-refractivity contribution in [3.05, 3.63) is 82.4 Å². The monoisotopic (exact) mass is 557 g/mol. The first-order chi connectivity index (χ1) is 18.1. The van der Waals surface area contributed by atoms with E-state index >= 15 is 0 Å². The Morgan fingerprint density at radius 1 is 1.11 bits per heavy atom. The van der Waals surface area contributed by atoms with Gasteiger partial charge in [-0.15, -0.1) is 0 Å². The number of phenols is 1. The van der Waals surface area contributed by atoms with Crippen molar-refractivity contribution in [2.24, 2.45) is 5.92 Å². The molecule has 1 atom stereocenters. The molecule has 0 spiro atoms. The highest BCUT2D eigenvalue weighted by Crippen LogP contribution is 2.48. The number of allylic oxidation sites excluding steroid dienone is 1. The Hall–Kier alpha value is -3.07. The maximum atomic E-state index is 12.6.